The predicted octanol–water partition coefficient (Wildman–Crippen LogP) is 4.98. The van der Waals surface area contributed by atoms with Crippen molar-refractivity contribution in [2.45, 2.75) is 31.0 Å². The number of esters is 1. The average molecular weight is 400 g/mol. The molecule has 0 unspecified atom stereocenters. The second-order valence-electron chi connectivity index (χ2n) is 6.90. The fourth-order valence-corrected chi connectivity index (χ4v) is 3.91. The Morgan fingerprint density at radius 1 is 1.18 bits per heavy atom. The number of aromatic hydroxyl groups is 1. The highest BCUT2D eigenvalue weighted by atomic mass is 32.2. The molecule has 0 atom stereocenters. The Kier molecular flexibility index (Phi) is 6.31. The molecule has 0 aliphatic heterocycles. The van der Waals surface area contributed by atoms with E-state index in [1.54, 1.807) is 30.8 Å². The molecule has 0 amide bonds. The molecule has 2 aromatic carbocycles. The number of ether oxygens (including phenoxy) is 1. The molecule has 0 fully saturated rings. The van der Waals surface area contributed by atoms with Gasteiger partial charge in [-0.1, -0.05) is 17.7 Å². The molecule has 0 bridgehead atoms. The molecule has 0 aliphatic rings. The van der Waals surface area contributed by atoms with Gasteiger partial charge in [0.1, 0.15) is 22.7 Å². The van der Waals surface area contributed by atoms with Gasteiger partial charge in [-0.25, -0.2) is 4.79 Å². The fourth-order valence-electron chi connectivity index (χ4n) is 3.08. The maximum Gasteiger partial charge on any atom is 0.342 e. The van der Waals surface area contributed by atoms with Crippen LogP contribution in [0.2, 0.25) is 0 Å². The number of thioether (sulfide) groups is 1. The van der Waals surface area contributed by atoms with Crippen LogP contribution in [0.15, 0.2) is 45.7 Å². The minimum atomic E-state index is -0.425. The van der Waals surface area contributed by atoms with Crippen molar-refractivity contribution in [1.82, 2.24) is 4.90 Å². The largest absolute Gasteiger partial charge is 0.508 e. The van der Waals surface area contributed by atoms with E-state index in [1.165, 1.54) is 5.56 Å². The fraction of sp³-hybridized carbons (Fsp3) is 0.318. The van der Waals surface area contributed by atoms with Crippen LogP contribution < -0.4 is 0 Å². The van der Waals surface area contributed by atoms with Gasteiger partial charge < -0.3 is 19.2 Å². The van der Waals surface area contributed by atoms with Crippen molar-refractivity contribution in [1.29, 1.82) is 0 Å². The average Bonchev–Trinajstić information content (AvgIpc) is 3.02. The number of aryl methyl sites for hydroxylation is 1. The van der Waals surface area contributed by atoms with Gasteiger partial charge in [0.25, 0.3) is 0 Å². The van der Waals surface area contributed by atoms with Gasteiger partial charge in [-0.05, 0) is 52.2 Å². The second kappa shape index (κ2) is 8.71. The van der Waals surface area contributed by atoms with Crippen LogP contribution in [0.25, 0.3) is 11.0 Å². The first-order valence-electron chi connectivity index (χ1n) is 9.18. The molecular formula is C22H25NO4S. The number of fused-ring (bicyclic) bond motifs is 1. The highest BCUT2D eigenvalue weighted by molar-refractivity contribution is 7.98. The summed E-state index contributed by atoms with van der Waals surface area (Å²) in [5.41, 5.74) is 2.85. The van der Waals surface area contributed by atoms with Gasteiger partial charge in [0, 0.05) is 22.4 Å². The molecule has 148 valence electrons. The molecule has 1 aromatic heterocycles. The molecule has 0 spiro atoms. The third-order valence-electron chi connectivity index (χ3n) is 4.36. The Balaban J connectivity index is 2.06. The van der Waals surface area contributed by atoms with Crippen molar-refractivity contribution >= 4 is 28.7 Å². The van der Waals surface area contributed by atoms with Crippen molar-refractivity contribution in [3.8, 4) is 5.75 Å². The van der Waals surface area contributed by atoms with E-state index in [9.17, 15) is 9.90 Å². The molecule has 3 rings (SSSR count). The van der Waals surface area contributed by atoms with Crippen LogP contribution in [0.3, 0.4) is 0 Å². The summed E-state index contributed by atoms with van der Waals surface area (Å²) in [7, 11) is 3.83. The lowest BCUT2D eigenvalue weighted by Gasteiger charge is -2.13. The number of hydrogen-bond donors (Lipinski definition) is 1. The zero-order valence-corrected chi connectivity index (χ0v) is 17.4. The third-order valence-corrected chi connectivity index (χ3v) is 5.37. The number of carbonyl (C=O) groups excluding carboxylic acids is 1. The lowest BCUT2D eigenvalue weighted by atomic mass is 10.0. The summed E-state index contributed by atoms with van der Waals surface area (Å²) in [6.07, 6.45) is 0. The van der Waals surface area contributed by atoms with E-state index in [0.717, 1.165) is 4.90 Å². The molecule has 0 aliphatic carbocycles. The highest BCUT2D eigenvalue weighted by Gasteiger charge is 2.26. The summed E-state index contributed by atoms with van der Waals surface area (Å²) in [6, 6.07) is 11.5. The standard InChI is InChI=1S/C22H25NO4S/c1-5-26-22(25)21-19(13-28-15-8-6-14(2)7-9-15)27-18-11-10-17(24)16(20(18)21)12-23(3)4/h6-11,24H,5,12-13H2,1-4H3. The predicted molar refractivity (Wildman–Crippen MR) is 112 cm³/mol. The van der Waals surface area contributed by atoms with E-state index >= 15 is 0 Å². The maximum absolute atomic E-state index is 12.8. The Morgan fingerprint density at radius 3 is 2.54 bits per heavy atom. The van der Waals surface area contributed by atoms with Gasteiger partial charge in [0.15, 0.2) is 0 Å². The molecule has 3 aromatic rings. The summed E-state index contributed by atoms with van der Waals surface area (Å²) in [6.45, 7) is 4.59. The van der Waals surface area contributed by atoms with Crippen molar-refractivity contribution in [2.24, 2.45) is 0 Å². The third kappa shape index (κ3) is 4.34. The first-order chi connectivity index (χ1) is 13.4. The van der Waals surface area contributed by atoms with E-state index < -0.39 is 5.97 Å². The molecule has 5 nitrogen and oxygen atoms in total. The minimum absolute atomic E-state index is 0.144. The van der Waals surface area contributed by atoms with Crippen LogP contribution in [-0.2, 0) is 17.0 Å². The number of benzene rings is 2. The van der Waals surface area contributed by atoms with Gasteiger partial charge in [-0.2, -0.15) is 0 Å². The number of nitrogens with zero attached hydrogens (tertiary/aromatic N) is 1. The molecule has 1 heterocycles. The number of furan rings is 1. The number of rotatable bonds is 7. The van der Waals surface area contributed by atoms with E-state index in [4.69, 9.17) is 9.15 Å². The lowest BCUT2D eigenvalue weighted by molar-refractivity contribution is 0.0526. The first-order valence-corrected chi connectivity index (χ1v) is 10.2. The van der Waals surface area contributed by atoms with Gasteiger partial charge in [0.2, 0.25) is 0 Å². The molecule has 0 radical (unpaired) electrons. The topological polar surface area (TPSA) is 62.9 Å². The van der Waals surface area contributed by atoms with Crippen LogP contribution in [-0.4, -0.2) is 36.7 Å². The Hall–Kier alpha value is -2.44. The number of phenols is 1. The highest BCUT2D eigenvalue weighted by Crippen LogP contribution is 2.37. The van der Waals surface area contributed by atoms with Crippen molar-refractivity contribution < 1.29 is 19.1 Å². The number of phenolic OH excluding ortho intramolecular Hbond substituents is 1. The first kappa shape index (κ1) is 20.3. The lowest BCUT2D eigenvalue weighted by Crippen LogP contribution is -2.12. The van der Waals surface area contributed by atoms with Crippen LogP contribution in [0.5, 0.6) is 5.75 Å². The molecule has 0 saturated carbocycles. The number of hydrogen-bond acceptors (Lipinski definition) is 6. The van der Waals surface area contributed by atoms with Crippen LogP contribution in [0, 0.1) is 6.92 Å². The summed E-state index contributed by atoms with van der Waals surface area (Å²) in [5, 5.41) is 11.0. The molecule has 6 heteroatoms. The maximum atomic E-state index is 12.8. The van der Waals surface area contributed by atoms with Crippen molar-refractivity contribution in [3.63, 3.8) is 0 Å². The zero-order valence-electron chi connectivity index (χ0n) is 16.6. The summed E-state index contributed by atoms with van der Waals surface area (Å²) >= 11 is 1.60. The van der Waals surface area contributed by atoms with Crippen molar-refractivity contribution in [2.75, 3.05) is 20.7 Å². The van der Waals surface area contributed by atoms with Crippen molar-refractivity contribution in [3.05, 3.63) is 58.8 Å². The summed E-state index contributed by atoms with van der Waals surface area (Å²) < 4.78 is 11.3. The number of carbonyl (C=O) groups is 1. The molecular weight excluding hydrogens is 374 g/mol. The van der Waals surface area contributed by atoms with E-state index in [-0.39, 0.29) is 12.4 Å². The normalized spacial score (nSPS) is 11.3. The SMILES string of the molecule is CCOC(=O)c1c(CSc2ccc(C)cc2)oc2ccc(O)c(CN(C)C)c12. The van der Waals surface area contributed by atoms with Crippen LogP contribution in [0.4, 0.5) is 0 Å². The van der Waals surface area contributed by atoms with Crippen LogP contribution >= 0.6 is 11.8 Å². The monoisotopic (exact) mass is 399 g/mol. The minimum Gasteiger partial charge on any atom is -0.508 e. The zero-order chi connectivity index (χ0) is 20.3. The summed E-state index contributed by atoms with van der Waals surface area (Å²) in [4.78, 5) is 15.8. The van der Waals surface area contributed by atoms with E-state index in [0.29, 0.717) is 40.2 Å². The summed E-state index contributed by atoms with van der Waals surface area (Å²) in [5.74, 6) is 0.773. The van der Waals surface area contributed by atoms with Crippen LogP contribution in [0.1, 0.15) is 34.2 Å². The van der Waals surface area contributed by atoms with E-state index in [2.05, 4.69) is 24.3 Å². The molecule has 28 heavy (non-hydrogen) atoms. The van der Waals surface area contributed by atoms with E-state index in [1.807, 2.05) is 25.9 Å². The molecule has 0 saturated heterocycles. The Morgan fingerprint density at radius 2 is 1.89 bits per heavy atom. The van der Waals surface area contributed by atoms with Gasteiger partial charge in [-0.15, -0.1) is 11.8 Å². The van der Waals surface area contributed by atoms with Gasteiger partial charge in [-0.3, -0.25) is 0 Å². The van der Waals surface area contributed by atoms with Gasteiger partial charge in [0.05, 0.1) is 12.4 Å². The smallest absolute Gasteiger partial charge is 0.342 e. The Bertz CT molecular complexity index is 976. The quantitative estimate of drug-likeness (QED) is 0.447. The Labute approximate surface area is 169 Å². The van der Waals surface area contributed by atoms with Gasteiger partial charge >= 0.3 is 5.97 Å². The second-order valence-corrected chi connectivity index (χ2v) is 7.95. The molecule has 1 N–H and O–H groups in total.